The molecule has 0 saturated carbocycles. The van der Waals surface area contributed by atoms with E-state index < -0.39 is 27.4 Å². The lowest BCUT2D eigenvalue weighted by atomic mass is 10.2. The Hall–Kier alpha value is -1.21. The molecule has 0 radical (unpaired) electrons. The Balaban J connectivity index is 3.23. The Bertz CT molecular complexity index is 485. The second kappa shape index (κ2) is 5.42. The smallest absolute Gasteiger partial charge is 0.387 e. The maximum Gasteiger partial charge on any atom is 0.387 e. The van der Waals surface area contributed by atoms with E-state index in [9.17, 15) is 17.2 Å². The van der Waals surface area contributed by atoms with Crippen LogP contribution in [0.4, 0.5) is 8.78 Å². The molecular weight excluding hydrogens is 254 g/mol. The average molecular weight is 266 g/mol. The zero-order valence-corrected chi connectivity index (χ0v) is 10.1. The average Bonchev–Trinajstić information content (AvgIpc) is 2.15. The topological polar surface area (TPSA) is 52.6 Å². The lowest BCUT2D eigenvalue weighted by molar-refractivity contribution is -0.0518. The van der Waals surface area contributed by atoms with Crippen molar-refractivity contribution in [2.24, 2.45) is 0 Å². The van der Waals surface area contributed by atoms with E-state index in [-0.39, 0.29) is 6.61 Å². The predicted octanol–water partition coefficient (Wildman–Crippen LogP) is 2.32. The molecule has 96 valence electrons. The summed E-state index contributed by atoms with van der Waals surface area (Å²) < 4.78 is 56.2. The van der Waals surface area contributed by atoms with Gasteiger partial charge in [0.1, 0.15) is 10.6 Å². The summed E-state index contributed by atoms with van der Waals surface area (Å²) in [5.41, 5.74) is 0.607. The summed E-state index contributed by atoms with van der Waals surface area (Å²) in [5, 5.41) is 0. The van der Waals surface area contributed by atoms with Gasteiger partial charge in [-0.1, -0.05) is 6.07 Å². The highest BCUT2D eigenvalue weighted by atomic mass is 32.2. The molecule has 1 aromatic rings. The van der Waals surface area contributed by atoms with Gasteiger partial charge in [-0.25, -0.2) is 0 Å². The molecule has 0 fully saturated rings. The van der Waals surface area contributed by atoms with E-state index in [2.05, 4.69) is 8.92 Å². The minimum Gasteiger partial charge on any atom is -0.433 e. The van der Waals surface area contributed by atoms with Gasteiger partial charge in [-0.2, -0.15) is 17.2 Å². The zero-order chi connectivity index (χ0) is 13.1. The van der Waals surface area contributed by atoms with Crippen molar-refractivity contribution in [3.05, 3.63) is 23.8 Å². The van der Waals surface area contributed by atoms with Crippen molar-refractivity contribution in [3.63, 3.8) is 0 Å². The highest BCUT2D eigenvalue weighted by Gasteiger charge is 2.22. The molecule has 0 saturated heterocycles. The molecule has 0 N–H and O–H groups in total. The Labute approximate surface area is 98.3 Å². The Kier molecular flexibility index (Phi) is 4.41. The molecule has 0 aliphatic rings. The number of ether oxygens (including phenoxy) is 1. The second-order valence-electron chi connectivity index (χ2n) is 3.19. The van der Waals surface area contributed by atoms with E-state index in [1.54, 1.807) is 6.92 Å². The minimum absolute atomic E-state index is 0.0790. The fourth-order valence-corrected chi connectivity index (χ4v) is 2.25. The van der Waals surface area contributed by atoms with Gasteiger partial charge < -0.3 is 4.74 Å². The molecule has 0 heterocycles. The van der Waals surface area contributed by atoms with Crippen molar-refractivity contribution in [1.82, 2.24) is 0 Å². The molecule has 17 heavy (non-hydrogen) atoms. The second-order valence-corrected chi connectivity index (χ2v) is 4.77. The molecule has 0 atom stereocenters. The van der Waals surface area contributed by atoms with Crippen LogP contribution >= 0.6 is 0 Å². The lowest BCUT2D eigenvalue weighted by Crippen LogP contribution is -2.11. The van der Waals surface area contributed by atoms with E-state index in [1.807, 2.05) is 0 Å². The summed E-state index contributed by atoms with van der Waals surface area (Å²) >= 11 is 0. The van der Waals surface area contributed by atoms with Crippen LogP contribution in [0, 0.1) is 6.92 Å². The summed E-state index contributed by atoms with van der Waals surface area (Å²) in [5.74, 6) is -0.409. The van der Waals surface area contributed by atoms with Crippen LogP contribution in [0.25, 0.3) is 0 Å². The quantitative estimate of drug-likeness (QED) is 0.767. The van der Waals surface area contributed by atoms with Crippen molar-refractivity contribution in [1.29, 1.82) is 0 Å². The van der Waals surface area contributed by atoms with E-state index >= 15 is 0 Å². The van der Waals surface area contributed by atoms with E-state index in [0.717, 1.165) is 0 Å². The Morgan fingerprint density at radius 2 is 2.00 bits per heavy atom. The maximum atomic E-state index is 12.1. The summed E-state index contributed by atoms with van der Waals surface area (Å²) in [6.07, 6.45) is 0. The van der Waals surface area contributed by atoms with Gasteiger partial charge in [-0.15, -0.1) is 0 Å². The molecule has 0 aliphatic heterocycles. The predicted molar refractivity (Wildman–Crippen MR) is 56.6 cm³/mol. The lowest BCUT2D eigenvalue weighted by Gasteiger charge is -2.11. The van der Waals surface area contributed by atoms with Gasteiger partial charge in [0.15, 0.2) is 0 Å². The van der Waals surface area contributed by atoms with Crippen LogP contribution in [0.2, 0.25) is 0 Å². The van der Waals surface area contributed by atoms with Crippen molar-refractivity contribution in [2.45, 2.75) is 25.4 Å². The van der Waals surface area contributed by atoms with Gasteiger partial charge in [0.25, 0.3) is 0 Å². The summed E-state index contributed by atoms with van der Waals surface area (Å²) in [4.78, 5) is -0.398. The third-order valence-electron chi connectivity index (χ3n) is 1.86. The first-order valence-electron chi connectivity index (χ1n) is 4.81. The molecule has 1 aromatic carbocycles. The van der Waals surface area contributed by atoms with E-state index in [0.29, 0.717) is 5.56 Å². The number of halogens is 2. The molecule has 0 unspecified atom stereocenters. The molecule has 4 nitrogen and oxygen atoms in total. The number of aryl methyl sites for hydroxylation is 1. The molecule has 0 spiro atoms. The SMILES string of the molecule is CCOS(=O)(=O)c1ccc(C)cc1OC(F)F. The largest absolute Gasteiger partial charge is 0.433 e. The third kappa shape index (κ3) is 3.64. The first kappa shape index (κ1) is 13.9. The first-order chi connectivity index (χ1) is 7.86. The van der Waals surface area contributed by atoms with Gasteiger partial charge in [-0.05, 0) is 31.5 Å². The van der Waals surface area contributed by atoms with Crippen molar-refractivity contribution < 1.29 is 26.1 Å². The fraction of sp³-hybridized carbons (Fsp3) is 0.400. The van der Waals surface area contributed by atoms with Crippen molar-refractivity contribution >= 4 is 10.1 Å². The molecule has 0 bridgehead atoms. The van der Waals surface area contributed by atoms with Gasteiger partial charge in [0.2, 0.25) is 0 Å². The molecule has 7 heteroatoms. The number of hydrogen-bond donors (Lipinski definition) is 0. The van der Waals surface area contributed by atoms with Crippen LogP contribution in [0.1, 0.15) is 12.5 Å². The molecule has 0 aliphatic carbocycles. The summed E-state index contributed by atoms with van der Waals surface area (Å²) in [7, 11) is -4.06. The summed E-state index contributed by atoms with van der Waals surface area (Å²) in [6, 6.07) is 3.88. The van der Waals surface area contributed by atoms with E-state index in [4.69, 9.17) is 0 Å². The van der Waals surface area contributed by atoms with Gasteiger partial charge >= 0.3 is 16.7 Å². The van der Waals surface area contributed by atoms with Crippen LogP contribution in [0.15, 0.2) is 23.1 Å². The Morgan fingerprint density at radius 3 is 2.53 bits per heavy atom. The third-order valence-corrected chi connectivity index (χ3v) is 3.28. The van der Waals surface area contributed by atoms with Crippen LogP contribution < -0.4 is 4.74 Å². The minimum atomic E-state index is -4.06. The van der Waals surface area contributed by atoms with Crippen LogP contribution in [-0.4, -0.2) is 21.6 Å². The standard InChI is InChI=1S/C10H12F2O4S/c1-3-15-17(13,14)9-5-4-7(2)6-8(9)16-10(11)12/h4-6,10H,3H2,1-2H3. The van der Waals surface area contributed by atoms with Crippen LogP contribution in [0.3, 0.4) is 0 Å². The van der Waals surface area contributed by atoms with Gasteiger partial charge in [-0.3, -0.25) is 4.18 Å². The highest BCUT2D eigenvalue weighted by Crippen LogP contribution is 2.27. The highest BCUT2D eigenvalue weighted by molar-refractivity contribution is 7.86. The van der Waals surface area contributed by atoms with Crippen LogP contribution in [0.5, 0.6) is 5.75 Å². The molecule has 0 amide bonds. The monoisotopic (exact) mass is 266 g/mol. The van der Waals surface area contributed by atoms with Gasteiger partial charge in [0.05, 0.1) is 6.61 Å². The van der Waals surface area contributed by atoms with Crippen molar-refractivity contribution in [2.75, 3.05) is 6.61 Å². The fourth-order valence-electron chi connectivity index (χ4n) is 1.23. The normalized spacial score (nSPS) is 11.8. The number of alkyl halides is 2. The molecule has 1 rings (SSSR count). The number of benzene rings is 1. The molecular formula is C10H12F2O4S. The van der Waals surface area contributed by atoms with Crippen molar-refractivity contribution in [3.8, 4) is 5.75 Å². The number of rotatable bonds is 5. The first-order valence-corrected chi connectivity index (χ1v) is 6.22. The Morgan fingerprint density at radius 1 is 1.35 bits per heavy atom. The zero-order valence-electron chi connectivity index (χ0n) is 9.31. The molecule has 0 aromatic heterocycles. The summed E-state index contributed by atoms with van der Waals surface area (Å²) in [6.45, 7) is -0.0496. The van der Waals surface area contributed by atoms with E-state index in [1.165, 1.54) is 25.1 Å². The van der Waals surface area contributed by atoms with Crippen LogP contribution in [-0.2, 0) is 14.3 Å². The number of hydrogen-bond acceptors (Lipinski definition) is 4. The van der Waals surface area contributed by atoms with Gasteiger partial charge in [0, 0.05) is 0 Å². The maximum absolute atomic E-state index is 12.1.